The van der Waals surface area contributed by atoms with Gasteiger partial charge in [-0.15, -0.1) is 0 Å². The largest absolute Gasteiger partial charge is 0.340 e. The summed E-state index contributed by atoms with van der Waals surface area (Å²) in [4.78, 5) is 0. The van der Waals surface area contributed by atoms with Gasteiger partial charge in [0.2, 0.25) is 0 Å². The molecule has 0 N–H and O–H groups in total. The Bertz CT molecular complexity index is 502. The first-order valence-corrected chi connectivity index (χ1v) is 5.66. The van der Waals surface area contributed by atoms with Crippen LogP contribution >= 0.6 is 0 Å². The van der Waals surface area contributed by atoms with Crippen molar-refractivity contribution in [3.05, 3.63) is 54.4 Å². The van der Waals surface area contributed by atoms with Crippen molar-refractivity contribution in [1.82, 2.24) is 0 Å². The minimum absolute atomic E-state index is 0. The zero-order chi connectivity index (χ0) is 10.3. The maximum atomic E-state index is 4.18. The van der Waals surface area contributed by atoms with Crippen LogP contribution in [-0.2, 0) is 45.6 Å². The summed E-state index contributed by atoms with van der Waals surface area (Å²) < 4.78 is 0. The molecule has 3 rings (SSSR count). The van der Waals surface area contributed by atoms with E-state index in [4.69, 9.17) is 0 Å². The van der Waals surface area contributed by atoms with E-state index < -0.39 is 0 Å². The van der Waals surface area contributed by atoms with Crippen LogP contribution in [0.4, 0.5) is 0 Å². The van der Waals surface area contributed by atoms with E-state index in [1.165, 1.54) is 34.7 Å². The second-order valence-electron chi connectivity index (χ2n) is 4.58. The van der Waals surface area contributed by atoms with E-state index in [2.05, 4.69) is 43.3 Å². The van der Waals surface area contributed by atoms with E-state index in [0.717, 1.165) is 6.42 Å². The fraction of sp³-hybridized carbons (Fsp3) is 0.267. The second kappa shape index (κ2) is 4.98. The van der Waals surface area contributed by atoms with Crippen molar-refractivity contribution in [2.75, 3.05) is 0 Å². The van der Waals surface area contributed by atoms with Gasteiger partial charge in [-0.1, -0.05) is 49.2 Å². The van der Waals surface area contributed by atoms with Gasteiger partial charge in [-0.25, -0.2) is 0 Å². The average molecular weight is 284 g/mol. The Labute approximate surface area is 122 Å². The fourth-order valence-corrected chi connectivity index (χ4v) is 2.53. The number of benzene rings is 2. The topological polar surface area (TPSA) is 0 Å². The van der Waals surface area contributed by atoms with Crippen molar-refractivity contribution in [2.45, 2.75) is 19.3 Å². The first-order chi connectivity index (χ1) is 7.33. The molecule has 79 valence electrons. The SMILES string of the molecule is [CH2-]C1CCc2cc3ccccc3cc2C1.[Y]. The molecule has 0 spiro atoms. The molecule has 0 heterocycles. The molecule has 0 aliphatic heterocycles. The fourth-order valence-electron chi connectivity index (χ4n) is 2.53. The summed E-state index contributed by atoms with van der Waals surface area (Å²) in [6, 6.07) is 13.3. The molecule has 0 bridgehead atoms. The van der Waals surface area contributed by atoms with Gasteiger partial charge in [-0.2, -0.15) is 5.92 Å². The molecule has 0 nitrogen and oxygen atoms in total. The zero-order valence-electron chi connectivity index (χ0n) is 9.45. The van der Waals surface area contributed by atoms with Gasteiger partial charge in [-0.3, -0.25) is 0 Å². The zero-order valence-corrected chi connectivity index (χ0v) is 12.3. The predicted octanol–water partition coefficient (Wildman–Crippen LogP) is 3.78. The van der Waals surface area contributed by atoms with Gasteiger partial charge >= 0.3 is 0 Å². The van der Waals surface area contributed by atoms with E-state index in [-0.39, 0.29) is 32.7 Å². The number of hydrogen-bond acceptors (Lipinski definition) is 0. The molecule has 0 aromatic heterocycles. The monoisotopic (exact) mass is 284 g/mol. The Morgan fingerprint density at radius 2 is 1.62 bits per heavy atom. The summed E-state index contributed by atoms with van der Waals surface area (Å²) in [5, 5.41) is 2.74. The summed E-state index contributed by atoms with van der Waals surface area (Å²) in [5.74, 6) is 0.610. The van der Waals surface area contributed by atoms with Gasteiger partial charge in [0.15, 0.2) is 0 Å². The van der Waals surface area contributed by atoms with Crippen molar-refractivity contribution < 1.29 is 32.7 Å². The molecule has 1 aliphatic carbocycles. The molecule has 1 aliphatic rings. The summed E-state index contributed by atoms with van der Waals surface area (Å²) in [5.41, 5.74) is 3.05. The molecule has 0 saturated heterocycles. The first-order valence-electron chi connectivity index (χ1n) is 5.66. The van der Waals surface area contributed by atoms with Gasteiger partial charge in [0.05, 0.1) is 0 Å². The van der Waals surface area contributed by atoms with E-state index in [0.29, 0.717) is 5.92 Å². The summed E-state index contributed by atoms with van der Waals surface area (Å²) in [7, 11) is 0. The minimum atomic E-state index is 0. The van der Waals surface area contributed by atoms with E-state index in [1.807, 2.05) is 0 Å². The van der Waals surface area contributed by atoms with Crippen LogP contribution in [0.1, 0.15) is 17.5 Å². The third kappa shape index (κ3) is 2.24. The quantitative estimate of drug-likeness (QED) is 0.646. The first kappa shape index (κ1) is 12.3. The van der Waals surface area contributed by atoms with E-state index in [9.17, 15) is 0 Å². The number of fused-ring (bicyclic) bond motifs is 2. The predicted molar refractivity (Wildman–Crippen MR) is 64.8 cm³/mol. The van der Waals surface area contributed by atoms with Crippen LogP contribution in [0.5, 0.6) is 0 Å². The van der Waals surface area contributed by atoms with Crippen molar-refractivity contribution in [1.29, 1.82) is 0 Å². The maximum absolute atomic E-state index is 4.18. The third-order valence-corrected chi connectivity index (χ3v) is 3.40. The van der Waals surface area contributed by atoms with Crippen molar-refractivity contribution in [2.24, 2.45) is 5.92 Å². The van der Waals surface area contributed by atoms with Gasteiger partial charge in [-0.05, 0) is 28.3 Å². The normalized spacial score (nSPS) is 18.9. The molecular formula is C15H15Y-. The number of rotatable bonds is 0. The van der Waals surface area contributed by atoms with Gasteiger partial charge in [0.1, 0.15) is 0 Å². The van der Waals surface area contributed by atoms with Crippen LogP contribution in [0.15, 0.2) is 36.4 Å². The van der Waals surface area contributed by atoms with Crippen LogP contribution in [0.3, 0.4) is 0 Å². The molecule has 2 aromatic rings. The van der Waals surface area contributed by atoms with Crippen LogP contribution in [0, 0.1) is 12.8 Å². The van der Waals surface area contributed by atoms with Crippen molar-refractivity contribution in [3.8, 4) is 0 Å². The van der Waals surface area contributed by atoms with Crippen LogP contribution in [0.25, 0.3) is 10.8 Å². The second-order valence-corrected chi connectivity index (χ2v) is 4.58. The molecular weight excluding hydrogens is 269 g/mol. The average Bonchev–Trinajstić information content (AvgIpc) is 2.26. The standard InChI is InChI=1S/C15H15.Y/c1-11-6-7-14-9-12-4-2-3-5-13(12)10-15(14)8-11;/h2-5,9-11H,1,6-8H2;/q-1;. The van der Waals surface area contributed by atoms with Crippen LogP contribution in [-0.4, -0.2) is 0 Å². The third-order valence-electron chi connectivity index (χ3n) is 3.40. The Kier molecular flexibility index (Phi) is 3.82. The van der Waals surface area contributed by atoms with Crippen LogP contribution < -0.4 is 0 Å². The molecule has 0 amide bonds. The number of hydrogen-bond donors (Lipinski definition) is 0. The molecule has 1 radical (unpaired) electrons. The minimum Gasteiger partial charge on any atom is -0.340 e. The summed E-state index contributed by atoms with van der Waals surface area (Å²) in [6.07, 6.45) is 3.60. The van der Waals surface area contributed by atoms with Gasteiger partial charge in [0.25, 0.3) is 0 Å². The summed E-state index contributed by atoms with van der Waals surface area (Å²) >= 11 is 0. The van der Waals surface area contributed by atoms with E-state index in [1.54, 1.807) is 0 Å². The van der Waals surface area contributed by atoms with Gasteiger partial charge < -0.3 is 6.92 Å². The molecule has 1 heteroatoms. The van der Waals surface area contributed by atoms with Gasteiger partial charge in [0, 0.05) is 32.7 Å². The number of aryl methyl sites for hydroxylation is 1. The summed E-state index contributed by atoms with van der Waals surface area (Å²) in [6.45, 7) is 4.18. The van der Waals surface area contributed by atoms with Crippen molar-refractivity contribution >= 4 is 10.8 Å². The van der Waals surface area contributed by atoms with Crippen LogP contribution in [0.2, 0.25) is 0 Å². The smallest absolute Gasteiger partial charge is 0 e. The molecule has 2 aromatic carbocycles. The van der Waals surface area contributed by atoms with Crippen molar-refractivity contribution in [3.63, 3.8) is 0 Å². The Morgan fingerprint density at radius 3 is 2.31 bits per heavy atom. The molecule has 0 fully saturated rings. The Balaban J connectivity index is 0.000000963. The molecule has 0 saturated carbocycles. The maximum Gasteiger partial charge on any atom is 0 e. The molecule has 1 unspecified atom stereocenters. The molecule has 16 heavy (non-hydrogen) atoms. The van der Waals surface area contributed by atoms with E-state index >= 15 is 0 Å². The Morgan fingerprint density at radius 1 is 1.00 bits per heavy atom. The Hall–Kier alpha value is -0.196. The molecule has 1 atom stereocenters.